The molecule has 9 heteroatoms. The fraction of sp³-hybridized carbons (Fsp3) is 0.786. The van der Waals surface area contributed by atoms with Gasteiger partial charge in [-0.3, -0.25) is 14.6 Å². The second-order valence-electron chi connectivity index (χ2n) is 6.34. The number of nitrogens with zero attached hydrogens (tertiary/aromatic N) is 4. The summed E-state index contributed by atoms with van der Waals surface area (Å²) < 4.78 is 5.20. The van der Waals surface area contributed by atoms with E-state index in [1.165, 1.54) is 0 Å². The van der Waals surface area contributed by atoms with Crippen molar-refractivity contribution in [2.75, 3.05) is 26.7 Å². The number of aliphatic hydroxyl groups excluding tert-OH is 1. The second kappa shape index (κ2) is 8.58. The van der Waals surface area contributed by atoms with E-state index in [-0.39, 0.29) is 25.0 Å². The van der Waals surface area contributed by atoms with Crippen molar-refractivity contribution < 1.29 is 19.5 Å². The summed E-state index contributed by atoms with van der Waals surface area (Å²) in [6, 6.07) is -0.196. The standard InChI is InChI=1S/C14H24N4O4.ClH/c1-9(2)4-13-15-12(16-22-13)7-18-5-10(11(19)6-18)17(3)8-14(20)21;/h9-11,19H,4-8H2,1-3H3,(H,20,21);1H/t10?,11-;/m1./s1. The zero-order valence-corrected chi connectivity index (χ0v) is 14.5. The molecule has 1 aliphatic heterocycles. The molecule has 1 aromatic heterocycles. The highest BCUT2D eigenvalue weighted by Crippen LogP contribution is 2.17. The Hall–Kier alpha value is -1.22. The largest absolute Gasteiger partial charge is 0.480 e. The number of rotatable bonds is 7. The quantitative estimate of drug-likeness (QED) is 0.723. The van der Waals surface area contributed by atoms with Gasteiger partial charge < -0.3 is 14.7 Å². The predicted molar refractivity (Wildman–Crippen MR) is 85.4 cm³/mol. The number of carboxylic acid groups (broad SMARTS) is 1. The molecule has 0 bridgehead atoms. The van der Waals surface area contributed by atoms with Gasteiger partial charge in [0.05, 0.1) is 19.2 Å². The van der Waals surface area contributed by atoms with Gasteiger partial charge in [0.15, 0.2) is 5.82 Å². The van der Waals surface area contributed by atoms with E-state index in [0.29, 0.717) is 37.3 Å². The highest BCUT2D eigenvalue weighted by atomic mass is 35.5. The van der Waals surface area contributed by atoms with Crippen molar-refractivity contribution in [1.29, 1.82) is 0 Å². The van der Waals surface area contributed by atoms with Crippen LogP contribution in [-0.4, -0.2) is 75.0 Å². The van der Waals surface area contributed by atoms with E-state index in [0.717, 1.165) is 6.42 Å². The molecule has 2 N–H and O–H groups in total. The summed E-state index contributed by atoms with van der Waals surface area (Å²) in [5.41, 5.74) is 0. The average Bonchev–Trinajstić information content (AvgIpc) is 2.95. The number of hydrogen-bond acceptors (Lipinski definition) is 7. The molecule has 0 spiro atoms. The number of hydrogen-bond donors (Lipinski definition) is 2. The molecule has 1 saturated heterocycles. The second-order valence-corrected chi connectivity index (χ2v) is 6.34. The lowest BCUT2D eigenvalue weighted by atomic mass is 10.1. The lowest BCUT2D eigenvalue weighted by Crippen LogP contribution is -2.43. The van der Waals surface area contributed by atoms with Crippen molar-refractivity contribution in [1.82, 2.24) is 19.9 Å². The molecule has 2 heterocycles. The van der Waals surface area contributed by atoms with E-state index in [4.69, 9.17) is 9.63 Å². The van der Waals surface area contributed by atoms with Gasteiger partial charge in [-0.2, -0.15) is 4.98 Å². The lowest BCUT2D eigenvalue weighted by Gasteiger charge is -2.24. The van der Waals surface area contributed by atoms with Gasteiger partial charge in [-0.25, -0.2) is 0 Å². The van der Waals surface area contributed by atoms with Crippen molar-refractivity contribution in [2.45, 2.75) is 39.0 Å². The van der Waals surface area contributed by atoms with Gasteiger partial charge in [0.2, 0.25) is 5.89 Å². The van der Waals surface area contributed by atoms with E-state index in [1.807, 2.05) is 4.90 Å². The molecular formula is C14H25ClN4O4. The summed E-state index contributed by atoms with van der Waals surface area (Å²) in [6.07, 6.45) is 0.172. The molecule has 132 valence electrons. The lowest BCUT2D eigenvalue weighted by molar-refractivity contribution is -0.138. The first kappa shape index (κ1) is 19.8. The third-order valence-corrected chi connectivity index (χ3v) is 3.74. The smallest absolute Gasteiger partial charge is 0.317 e. The number of likely N-dealkylation sites (N-methyl/N-ethyl adjacent to an activating group) is 1. The number of carbonyl (C=O) groups is 1. The van der Waals surface area contributed by atoms with Gasteiger partial charge in [0, 0.05) is 25.6 Å². The van der Waals surface area contributed by atoms with Crippen LogP contribution in [0.2, 0.25) is 0 Å². The molecule has 0 aromatic carbocycles. The topological polar surface area (TPSA) is 103 Å². The average molecular weight is 349 g/mol. The van der Waals surface area contributed by atoms with Gasteiger partial charge in [-0.15, -0.1) is 12.4 Å². The Labute approximate surface area is 141 Å². The number of β-amino-alcohol motifs (C(OH)–C–C–N with tert-alkyl or cyclic N) is 1. The minimum absolute atomic E-state index is 0. The minimum atomic E-state index is -0.898. The van der Waals surface area contributed by atoms with Crippen LogP contribution in [0.4, 0.5) is 0 Å². The van der Waals surface area contributed by atoms with Crippen LogP contribution in [0.25, 0.3) is 0 Å². The summed E-state index contributed by atoms with van der Waals surface area (Å²) in [5.74, 6) is 0.786. The molecule has 2 atom stereocenters. The minimum Gasteiger partial charge on any atom is -0.480 e. The van der Waals surface area contributed by atoms with Crippen LogP contribution in [0.3, 0.4) is 0 Å². The summed E-state index contributed by atoms with van der Waals surface area (Å²) >= 11 is 0. The van der Waals surface area contributed by atoms with Crippen molar-refractivity contribution in [2.24, 2.45) is 5.92 Å². The first-order valence-corrected chi connectivity index (χ1v) is 7.49. The summed E-state index contributed by atoms with van der Waals surface area (Å²) in [7, 11) is 1.71. The number of halogens is 1. The van der Waals surface area contributed by atoms with Crippen molar-refractivity contribution in [3.8, 4) is 0 Å². The summed E-state index contributed by atoms with van der Waals surface area (Å²) in [4.78, 5) is 18.8. The molecule has 1 unspecified atom stereocenters. The Morgan fingerprint density at radius 3 is 2.78 bits per heavy atom. The third-order valence-electron chi connectivity index (χ3n) is 3.74. The van der Waals surface area contributed by atoms with E-state index >= 15 is 0 Å². The Morgan fingerprint density at radius 1 is 1.48 bits per heavy atom. The van der Waals surface area contributed by atoms with Crippen LogP contribution in [0, 0.1) is 5.92 Å². The molecule has 8 nitrogen and oxygen atoms in total. The van der Waals surface area contributed by atoms with Crippen LogP contribution < -0.4 is 0 Å². The van der Waals surface area contributed by atoms with Crippen LogP contribution in [-0.2, 0) is 17.8 Å². The number of likely N-dealkylation sites (tertiary alicyclic amines) is 1. The van der Waals surface area contributed by atoms with E-state index < -0.39 is 12.1 Å². The number of aliphatic carboxylic acids is 1. The monoisotopic (exact) mass is 348 g/mol. The van der Waals surface area contributed by atoms with Crippen LogP contribution in [0.15, 0.2) is 4.52 Å². The molecule has 23 heavy (non-hydrogen) atoms. The number of aromatic nitrogens is 2. The zero-order valence-electron chi connectivity index (χ0n) is 13.7. The van der Waals surface area contributed by atoms with Gasteiger partial charge in [0.25, 0.3) is 0 Å². The van der Waals surface area contributed by atoms with E-state index in [2.05, 4.69) is 24.0 Å². The molecular weight excluding hydrogens is 324 g/mol. The Kier molecular flexibility index (Phi) is 7.40. The number of carboxylic acids is 1. The SMILES string of the molecule is CC(C)Cc1nc(CN2CC(N(C)CC(=O)O)[C@H](O)C2)no1.Cl. The molecule has 0 radical (unpaired) electrons. The fourth-order valence-corrected chi connectivity index (χ4v) is 2.73. The molecule has 0 saturated carbocycles. The zero-order chi connectivity index (χ0) is 16.3. The maximum absolute atomic E-state index is 10.8. The normalized spacial score (nSPS) is 21.8. The first-order valence-electron chi connectivity index (χ1n) is 7.49. The predicted octanol–water partition coefficient (Wildman–Crippen LogP) is 0.251. The van der Waals surface area contributed by atoms with Gasteiger partial charge >= 0.3 is 5.97 Å². The molecule has 1 fully saturated rings. The molecule has 0 amide bonds. The van der Waals surface area contributed by atoms with Crippen LogP contribution in [0.5, 0.6) is 0 Å². The van der Waals surface area contributed by atoms with Crippen LogP contribution >= 0.6 is 12.4 Å². The van der Waals surface area contributed by atoms with Gasteiger partial charge in [-0.05, 0) is 13.0 Å². The Bertz CT molecular complexity index is 511. The summed E-state index contributed by atoms with van der Waals surface area (Å²) in [5, 5.41) is 22.9. The fourth-order valence-electron chi connectivity index (χ4n) is 2.73. The Morgan fingerprint density at radius 2 is 2.17 bits per heavy atom. The molecule has 0 aliphatic carbocycles. The molecule has 2 rings (SSSR count). The van der Waals surface area contributed by atoms with Crippen molar-refractivity contribution in [3.05, 3.63) is 11.7 Å². The maximum Gasteiger partial charge on any atom is 0.317 e. The third kappa shape index (κ3) is 5.72. The van der Waals surface area contributed by atoms with Gasteiger partial charge in [-0.1, -0.05) is 19.0 Å². The maximum atomic E-state index is 10.8. The van der Waals surface area contributed by atoms with E-state index in [1.54, 1.807) is 11.9 Å². The molecule has 1 aromatic rings. The van der Waals surface area contributed by atoms with Gasteiger partial charge in [0.1, 0.15) is 0 Å². The Balaban J connectivity index is 0.00000264. The highest BCUT2D eigenvalue weighted by molar-refractivity contribution is 5.85. The van der Waals surface area contributed by atoms with Crippen LogP contribution in [0.1, 0.15) is 25.6 Å². The van der Waals surface area contributed by atoms with E-state index in [9.17, 15) is 9.90 Å². The number of aliphatic hydroxyl groups is 1. The molecule has 1 aliphatic rings. The highest BCUT2D eigenvalue weighted by Gasteiger charge is 2.35. The first-order chi connectivity index (χ1) is 10.3. The van der Waals surface area contributed by atoms with Crippen molar-refractivity contribution >= 4 is 18.4 Å². The van der Waals surface area contributed by atoms with Crippen molar-refractivity contribution in [3.63, 3.8) is 0 Å². The summed E-state index contributed by atoms with van der Waals surface area (Å²) in [6.45, 7) is 5.64.